The van der Waals surface area contributed by atoms with Crippen molar-refractivity contribution in [3.05, 3.63) is 47.1 Å². The van der Waals surface area contributed by atoms with Crippen molar-refractivity contribution in [2.24, 2.45) is 0 Å². The van der Waals surface area contributed by atoms with Gasteiger partial charge in [0.1, 0.15) is 6.04 Å². The summed E-state index contributed by atoms with van der Waals surface area (Å²) < 4.78 is 5.10. The Labute approximate surface area is 130 Å². The van der Waals surface area contributed by atoms with E-state index in [0.717, 1.165) is 19.3 Å². The Morgan fingerprint density at radius 1 is 1.45 bits per heavy atom. The summed E-state index contributed by atoms with van der Waals surface area (Å²) in [6, 6.07) is 8.19. The molecular weight excluding hydrogens is 278 g/mol. The molecule has 1 aliphatic rings. The zero-order valence-electron chi connectivity index (χ0n) is 13.0. The highest BCUT2D eigenvalue weighted by molar-refractivity contribution is 5.77. The molecule has 0 radical (unpaired) electrons. The molecule has 1 N–H and O–H groups in total. The maximum Gasteiger partial charge on any atom is 0.248 e. The highest BCUT2D eigenvalue weighted by atomic mass is 16.5. The minimum Gasteiger partial charge on any atom is -0.345 e. The smallest absolute Gasteiger partial charge is 0.248 e. The van der Waals surface area contributed by atoms with Gasteiger partial charge in [-0.05, 0) is 50.2 Å². The van der Waals surface area contributed by atoms with E-state index in [0.29, 0.717) is 24.1 Å². The predicted molar refractivity (Wildman–Crippen MR) is 82.3 cm³/mol. The van der Waals surface area contributed by atoms with E-state index in [2.05, 4.69) is 39.7 Å². The number of fused-ring (bicyclic) bond motifs is 1. The molecule has 1 aromatic carbocycles. The van der Waals surface area contributed by atoms with Gasteiger partial charge in [0.15, 0.2) is 5.82 Å². The van der Waals surface area contributed by atoms with Gasteiger partial charge >= 0.3 is 0 Å². The van der Waals surface area contributed by atoms with Crippen LogP contribution in [0, 0.1) is 6.92 Å². The molecule has 1 aromatic heterocycles. The second kappa shape index (κ2) is 6.30. The van der Waals surface area contributed by atoms with Gasteiger partial charge in [0.25, 0.3) is 0 Å². The summed E-state index contributed by atoms with van der Waals surface area (Å²) in [6.45, 7) is 3.63. The molecule has 116 valence electrons. The average molecular weight is 299 g/mol. The van der Waals surface area contributed by atoms with Crippen LogP contribution in [0.2, 0.25) is 0 Å². The Kier molecular flexibility index (Phi) is 4.22. The standard InChI is InChI=1S/C17H21N3O2/c1-11(17-19-12(2)20-22-17)18-16(21)10-14-8-5-7-13-6-3-4-9-15(13)14/h3-4,6,9,11,14H,5,7-8,10H2,1-2H3,(H,18,21)/t11-,14+/m1/s1. The van der Waals surface area contributed by atoms with Crippen LogP contribution in [0.5, 0.6) is 0 Å². The van der Waals surface area contributed by atoms with Crippen molar-refractivity contribution < 1.29 is 9.32 Å². The van der Waals surface area contributed by atoms with Crippen LogP contribution in [0.1, 0.15) is 61.0 Å². The first kappa shape index (κ1) is 14.8. The summed E-state index contributed by atoms with van der Waals surface area (Å²) in [5.41, 5.74) is 2.71. The molecule has 0 unspecified atom stereocenters. The zero-order valence-corrected chi connectivity index (χ0v) is 13.0. The number of rotatable bonds is 4. The minimum absolute atomic E-state index is 0.0325. The van der Waals surface area contributed by atoms with Gasteiger partial charge in [0.05, 0.1) is 0 Å². The normalized spacial score (nSPS) is 18.5. The Morgan fingerprint density at radius 2 is 2.27 bits per heavy atom. The van der Waals surface area contributed by atoms with E-state index < -0.39 is 0 Å². The van der Waals surface area contributed by atoms with E-state index in [9.17, 15) is 4.79 Å². The van der Waals surface area contributed by atoms with Gasteiger partial charge in [-0.1, -0.05) is 29.4 Å². The molecule has 0 saturated carbocycles. The molecule has 5 nitrogen and oxygen atoms in total. The number of amides is 1. The van der Waals surface area contributed by atoms with Crippen molar-refractivity contribution in [2.45, 2.75) is 51.5 Å². The fraction of sp³-hybridized carbons (Fsp3) is 0.471. The van der Waals surface area contributed by atoms with Crippen LogP contribution >= 0.6 is 0 Å². The second-order valence-corrected chi connectivity index (χ2v) is 5.96. The van der Waals surface area contributed by atoms with Gasteiger partial charge in [-0.25, -0.2) is 0 Å². The lowest BCUT2D eigenvalue weighted by atomic mass is 9.81. The first-order valence-corrected chi connectivity index (χ1v) is 7.81. The van der Waals surface area contributed by atoms with Gasteiger partial charge < -0.3 is 9.84 Å². The first-order chi connectivity index (χ1) is 10.6. The number of nitrogens with zero attached hydrogens (tertiary/aromatic N) is 2. The lowest BCUT2D eigenvalue weighted by Gasteiger charge is -2.25. The van der Waals surface area contributed by atoms with Crippen molar-refractivity contribution in [2.75, 3.05) is 0 Å². The molecule has 0 saturated heterocycles. The number of carbonyl (C=O) groups is 1. The third-order valence-corrected chi connectivity index (χ3v) is 4.22. The maximum atomic E-state index is 12.3. The van der Waals surface area contributed by atoms with E-state index in [1.807, 2.05) is 6.92 Å². The van der Waals surface area contributed by atoms with Crippen molar-refractivity contribution in [3.8, 4) is 0 Å². The van der Waals surface area contributed by atoms with E-state index >= 15 is 0 Å². The molecule has 2 aromatic rings. The average Bonchev–Trinajstić information content (AvgIpc) is 2.94. The van der Waals surface area contributed by atoms with Crippen LogP contribution in [-0.4, -0.2) is 16.0 Å². The monoisotopic (exact) mass is 299 g/mol. The van der Waals surface area contributed by atoms with Gasteiger partial charge in [0, 0.05) is 6.42 Å². The number of hydrogen-bond acceptors (Lipinski definition) is 4. The number of aromatic nitrogens is 2. The van der Waals surface area contributed by atoms with Crippen molar-refractivity contribution >= 4 is 5.91 Å². The number of aryl methyl sites for hydroxylation is 2. The molecular formula is C17H21N3O2. The Morgan fingerprint density at radius 3 is 3.05 bits per heavy atom. The largest absolute Gasteiger partial charge is 0.345 e. The molecule has 22 heavy (non-hydrogen) atoms. The Hall–Kier alpha value is -2.17. The highest BCUT2D eigenvalue weighted by Crippen LogP contribution is 2.33. The predicted octanol–water partition coefficient (Wildman–Crippen LogP) is 3.07. The van der Waals surface area contributed by atoms with E-state index in [-0.39, 0.29) is 11.9 Å². The summed E-state index contributed by atoms with van der Waals surface area (Å²) >= 11 is 0. The number of hydrogen-bond donors (Lipinski definition) is 1. The quantitative estimate of drug-likeness (QED) is 0.942. The lowest BCUT2D eigenvalue weighted by Crippen LogP contribution is -2.29. The molecule has 2 atom stereocenters. The molecule has 5 heteroatoms. The minimum atomic E-state index is -0.257. The second-order valence-electron chi connectivity index (χ2n) is 5.96. The third kappa shape index (κ3) is 3.18. The molecule has 0 spiro atoms. The lowest BCUT2D eigenvalue weighted by molar-refractivity contribution is -0.122. The topological polar surface area (TPSA) is 68.0 Å². The number of benzene rings is 1. The molecule has 1 aliphatic carbocycles. The number of nitrogens with one attached hydrogen (secondary N) is 1. The molecule has 0 fully saturated rings. The molecule has 1 amide bonds. The molecule has 0 bridgehead atoms. The van der Waals surface area contributed by atoms with Gasteiger partial charge in [-0.15, -0.1) is 0 Å². The van der Waals surface area contributed by atoms with Crippen molar-refractivity contribution in [1.29, 1.82) is 0 Å². The van der Waals surface area contributed by atoms with Gasteiger partial charge in [-0.3, -0.25) is 4.79 Å². The fourth-order valence-electron chi connectivity index (χ4n) is 3.14. The fourth-order valence-corrected chi connectivity index (χ4v) is 3.14. The van der Waals surface area contributed by atoms with Gasteiger partial charge in [0.2, 0.25) is 11.8 Å². The van der Waals surface area contributed by atoms with Crippen molar-refractivity contribution in [1.82, 2.24) is 15.5 Å². The van der Waals surface area contributed by atoms with E-state index in [1.165, 1.54) is 11.1 Å². The molecule has 1 heterocycles. The summed E-state index contributed by atoms with van der Waals surface area (Å²) in [7, 11) is 0. The SMILES string of the molecule is Cc1noc([C@@H](C)NC(=O)C[C@@H]2CCCc3ccccc32)n1. The van der Waals surface area contributed by atoms with Crippen molar-refractivity contribution in [3.63, 3.8) is 0 Å². The zero-order chi connectivity index (χ0) is 15.5. The Bertz CT molecular complexity index is 665. The van der Waals surface area contributed by atoms with Crippen LogP contribution in [0.15, 0.2) is 28.8 Å². The molecule has 0 aliphatic heterocycles. The Balaban J connectivity index is 1.63. The van der Waals surface area contributed by atoms with E-state index in [1.54, 1.807) is 6.92 Å². The van der Waals surface area contributed by atoms with Gasteiger partial charge in [-0.2, -0.15) is 4.98 Å². The highest BCUT2D eigenvalue weighted by Gasteiger charge is 2.23. The summed E-state index contributed by atoms with van der Waals surface area (Å²) in [5.74, 6) is 1.37. The van der Waals surface area contributed by atoms with Crippen LogP contribution in [-0.2, 0) is 11.2 Å². The van der Waals surface area contributed by atoms with E-state index in [4.69, 9.17) is 4.52 Å². The number of carbonyl (C=O) groups excluding carboxylic acids is 1. The van der Waals surface area contributed by atoms with Crippen LogP contribution in [0.25, 0.3) is 0 Å². The summed E-state index contributed by atoms with van der Waals surface area (Å²) in [4.78, 5) is 16.5. The van der Waals surface area contributed by atoms with Crippen LogP contribution in [0.4, 0.5) is 0 Å². The van der Waals surface area contributed by atoms with Crippen LogP contribution < -0.4 is 5.32 Å². The maximum absolute atomic E-state index is 12.3. The third-order valence-electron chi connectivity index (χ3n) is 4.22. The summed E-state index contributed by atoms with van der Waals surface area (Å²) in [6.07, 6.45) is 3.84. The molecule has 3 rings (SSSR count). The van der Waals surface area contributed by atoms with Crippen LogP contribution in [0.3, 0.4) is 0 Å². The first-order valence-electron chi connectivity index (χ1n) is 7.81. The summed E-state index contributed by atoms with van der Waals surface area (Å²) in [5, 5.41) is 6.71.